The molecule has 0 bridgehead atoms. The molecule has 2 aromatic carbocycles. The van der Waals surface area contributed by atoms with Crippen molar-refractivity contribution in [1.29, 1.82) is 0 Å². The number of benzene rings is 2. The van der Waals surface area contributed by atoms with Gasteiger partial charge < -0.3 is 10.6 Å². The van der Waals surface area contributed by atoms with E-state index in [2.05, 4.69) is 0 Å². The van der Waals surface area contributed by atoms with Gasteiger partial charge in [0.2, 0.25) is 0 Å². The summed E-state index contributed by atoms with van der Waals surface area (Å²) in [6.07, 6.45) is 0. The predicted molar refractivity (Wildman–Crippen MR) is 82.8 cm³/mol. The molecule has 0 aromatic heterocycles. The van der Waals surface area contributed by atoms with Gasteiger partial charge in [-0.15, -0.1) is 0 Å². The highest BCUT2D eigenvalue weighted by Crippen LogP contribution is 2.20. The predicted octanol–water partition coefficient (Wildman–Crippen LogP) is 3.50. The molecule has 0 aliphatic heterocycles. The first-order valence-corrected chi connectivity index (χ1v) is 6.71. The molecule has 0 spiro atoms. The van der Waals surface area contributed by atoms with E-state index < -0.39 is 0 Å². The molecule has 0 saturated carbocycles. The van der Waals surface area contributed by atoms with E-state index in [4.69, 9.17) is 17.3 Å². The van der Waals surface area contributed by atoms with Crippen LogP contribution < -0.4 is 5.73 Å². The number of nitrogens with zero attached hydrogens (tertiary/aromatic N) is 1. The third kappa shape index (κ3) is 3.31. The van der Waals surface area contributed by atoms with Crippen molar-refractivity contribution in [1.82, 2.24) is 4.90 Å². The largest absolute Gasteiger partial charge is 0.399 e. The van der Waals surface area contributed by atoms with Crippen molar-refractivity contribution in [3.05, 3.63) is 64.2 Å². The van der Waals surface area contributed by atoms with Gasteiger partial charge in [-0.25, -0.2) is 0 Å². The lowest BCUT2D eigenvalue weighted by atomic mass is 10.1. The number of hydrogen-bond donors (Lipinski definition) is 1. The molecule has 0 saturated heterocycles. The fraction of sp³-hybridized carbons (Fsp3) is 0.188. The number of aryl methyl sites for hydroxylation is 1. The van der Waals surface area contributed by atoms with Crippen LogP contribution in [0.15, 0.2) is 42.5 Å². The number of nitrogens with two attached hydrogens (primary N) is 1. The van der Waals surface area contributed by atoms with Crippen molar-refractivity contribution < 1.29 is 4.79 Å². The molecular weight excluding hydrogens is 272 g/mol. The van der Waals surface area contributed by atoms with E-state index in [1.807, 2.05) is 37.3 Å². The maximum Gasteiger partial charge on any atom is 0.255 e. The van der Waals surface area contributed by atoms with Crippen LogP contribution in [0.3, 0.4) is 0 Å². The number of hydrogen-bond acceptors (Lipinski definition) is 2. The highest BCUT2D eigenvalue weighted by molar-refractivity contribution is 6.33. The zero-order valence-electron chi connectivity index (χ0n) is 11.6. The van der Waals surface area contributed by atoms with Crippen LogP contribution in [0.2, 0.25) is 5.02 Å². The lowest BCUT2D eigenvalue weighted by molar-refractivity contribution is 0.0785. The van der Waals surface area contributed by atoms with Crippen molar-refractivity contribution in [2.75, 3.05) is 12.8 Å². The summed E-state index contributed by atoms with van der Waals surface area (Å²) in [4.78, 5) is 14.0. The SMILES string of the molecule is Cc1ccc(C(=O)N(C)Cc2cccc(N)c2)c(Cl)c1. The molecule has 1 amide bonds. The second-order valence-corrected chi connectivity index (χ2v) is 5.30. The molecule has 0 atom stereocenters. The smallest absolute Gasteiger partial charge is 0.255 e. The molecule has 104 valence electrons. The summed E-state index contributed by atoms with van der Waals surface area (Å²) >= 11 is 6.13. The van der Waals surface area contributed by atoms with Gasteiger partial charge >= 0.3 is 0 Å². The average molecular weight is 289 g/mol. The van der Waals surface area contributed by atoms with Crippen LogP contribution in [0.5, 0.6) is 0 Å². The lowest BCUT2D eigenvalue weighted by Crippen LogP contribution is -2.26. The van der Waals surface area contributed by atoms with Crippen molar-refractivity contribution in [3.8, 4) is 0 Å². The zero-order valence-corrected chi connectivity index (χ0v) is 12.3. The highest BCUT2D eigenvalue weighted by atomic mass is 35.5. The van der Waals surface area contributed by atoms with Gasteiger partial charge in [-0.05, 0) is 42.3 Å². The molecule has 2 N–H and O–H groups in total. The Morgan fingerprint density at radius 2 is 2.00 bits per heavy atom. The lowest BCUT2D eigenvalue weighted by Gasteiger charge is -2.18. The van der Waals surface area contributed by atoms with Crippen LogP contribution in [0.1, 0.15) is 21.5 Å². The van der Waals surface area contributed by atoms with E-state index in [9.17, 15) is 4.79 Å². The second-order valence-electron chi connectivity index (χ2n) is 4.89. The fourth-order valence-corrected chi connectivity index (χ4v) is 2.35. The van der Waals surface area contributed by atoms with E-state index in [0.717, 1.165) is 11.1 Å². The van der Waals surface area contributed by atoms with Crippen molar-refractivity contribution in [2.45, 2.75) is 13.5 Å². The molecule has 0 aliphatic carbocycles. The van der Waals surface area contributed by atoms with Crippen LogP contribution in [-0.2, 0) is 6.54 Å². The van der Waals surface area contributed by atoms with Gasteiger partial charge in [-0.2, -0.15) is 0 Å². The standard InChI is InChI=1S/C16H17ClN2O/c1-11-6-7-14(15(17)8-11)16(20)19(2)10-12-4-3-5-13(18)9-12/h3-9H,10,18H2,1-2H3. The Balaban J connectivity index is 2.16. The van der Waals surface area contributed by atoms with Crippen molar-refractivity contribution >= 4 is 23.2 Å². The monoisotopic (exact) mass is 288 g/mol. The highest BCUT2D eigenvalue weighted by Gasteiger charge is 2.15. The Hall–Kier alpha value is -2.00. The minimum Gasteiger partial charge on any atom is -0.399 e. The number of nitrogen functional groups attached to an aromatic ring is 1. The van der Waals surface area contributed by atoms with Crippen molar-refractivity contribution in [2.24, 2.45) is 0 Å². The Kier molecular flexibility index (Phi) is 4.30. The molecule has 0 unspecified atom stereocenters. The first-order valence-electron chi connectivity index (χ1n) is 6.33. The summed E-state index contributed by atoms with van der Waals surface area (Å²) in [5.41, 5.74) is 8.97. The molecule has 3 nitrogen and oxygen atoms in total. The zero-order chi connectivity index (χ0) is 14.7. The number of rotatable bonds is 3. The van der Waals surface area contributed by atoms with Gasteiger partial charge in [-0.3, -0.25) is 4.79 Å². The summed E-state index contributed by atoms with van der Waals surface area (Å²) in [5, 5.41) is 0.481. The van der Waals surface area contributed by atoms with Crippen molar-refractivity contribution in [3.63, 3.8) is 0 Å². The van der Waals surface area contributed by atoms with E-state index >= 15 is 0 Å². The van der Waals surface area contributed by atoms with Gasteiger partial charge in [0.1, 0.15) is 0 Å². The van der Waals surface area contributed by atoms with Crippen LogP contribution in [0.25, 0.3) is 0 Å². The Bertz CT molecular complexity index is 640. The molecule has 0 aliphatic rings. The van der Waals surface area contributed by atoms with Crippen LogP contribution >= 0.6 is 11.6 Å². The third-order valence-electron chi connectivity index (χ3n) is 3.07. The Morgan fingerprint density at radius 3 is 2.65 bits per heavy atom. The normalized spacial score (nSPS) is 10.3. The summed E-state index contributed by atoms with van der Waals surface area (Å²) in [6.45, 7) is 2.44. The topological polar surface area (TPSA) is 46.3 Å². The molecule has 4 heteroatoms. The third-order valence-corrected chi connectivity index (χ3v) is 3.39. The number of carbonyl (C=O) groups is 1. The summed E-state index contributed by atoms with van der Waals surface area (Å²) < 4.78 is 0. The number of amides is 1. The van der Waals surface area contributed by atoms with Gasteiger partial charge in [0.25, 0.3) is 5.91 Å². The quantitative estimate of drug-likeness (QED) is 0.879. The molecular formula is C16H17ClN2O. The summed E-state index contributed by atoms with van der Waals surface area (Å²) in [5.74, 6) is -0.0996. The summed E-state index contributed by atoms with van der Waals surface area (Å²) in [7, 11) is 1.75. The van der Waals surface area contributed by atoms with E-state index in [0.29, 0.717) is 22.8 Å². The number of carbonyl (C=O) groups excluding carboxylic acids is 1. The second kappa shape index (κ2) is 5.97. The number of anilines is 1. The molecule has 2 rings (SSSR count). The van der Waals surface area contributed by atoms with Crippen LogP contribution in [-0.4, -0.2) is 17.9 Å². The molecule has 0 fully saturated rings. The van der Waals surface area contributed by atoms with Gasteiger partial charge in [0, 0.05) is 19.3 Å². The van der Waals surface area contributed by atoms with E-state index in [1.165, 1.54) is 0 Å². The molecule has 2 aromatic rings. The molecule has 0 radical (unpaired) electrons. The van der Waals surface area contributed by atoms with E-state index in [1.54, 1.807) is 24.1 Å². The minimum absolute atomic E-state index is 0.0996. The van der Waals surface area contributed by atoms with Crippen LogP contribution in [0.4, 0.5) is 5.69 Å². The Morgan fingerprint density at radius 1 is 1.25 bits per heavy atom. The summed E-state index contributed by atoms with van der Waals surface area (Å²) in [6, 6.07) is 12.9. The first kappa shape index (κ1) is 14.4. The maximum absolute atomic E-state index is 12.4. The molecule has 0 heterocycles. The Labute approximate surface area is 124 Å². The van der Waals surface area contributed by atoms with Gasteiger partial charge in [0.05, 0.1) is 10.6 Å². The van der Waals surface area contributed by atoms with E-state index in [-0.39, 0.29) is 5.91 Å². The first-order chi connectivity index (χ1) is 9.47. The van der Waals surface area contributed by atoms with Gasteiger partial charge in [0.15, 0.2) is 0 Å². The minimum atomic E-state index is -0.0996. The van der Waals surface area contributed by atoms with Gasteiger partial charge in [-0.1, -0.05) is 29.8 Å². The average Bonchev–Trinajstić information content (AvgIpc) is 2.38. The maximum atomic E-state index is 12.4. The molecule has 20 heavy (non-hydrogen) atoms. The fourth-order valence-electron chi connectivity index (χ4n) is 2.04. The van der Waals surface area contributed by atoms with Crippen LogP contribution in [0, 0.1) is 6.92 Å². The number of halogens is 1.